The van der Waals surface area contributed by atoms with E-state index in [4.69, 9.17) is 4.74 Å². The fourth-order valence-corrected chi connectivity index (χ4v) is 3.65. The summed E-state index contributed by atoms with van der Waals surface area (Å²) in [6.07, 6.45) is 0. The standard InChI is InChI=1S/C12H16N2O5S/c1-8(12(15)19-3)14-7-13-10-6-9(18-2)4-5-11(10)20(14,16)17/h4-6,8,13H,7H2,1-3H3/t8-/m1/s1. The molecule has 110 valence electrons. The van der Waals surface area contributed by atoms with E-state index in [9.17, 15) is 13.2 Å². The number of methoxy groups -OCH3 is 2. The number of benzene rings is 1. The quantitative estimate of drug-likeness (QED) is 0.824. The first-order chi connectivity index (χ1) is 9.41. The number of ether oxygens (including phenoxy) is 2. The maximum Gasteiger partial charge on any atom is 0.323 e. The van der Waals surface area contributed by atoms with Gasteiger partial charge in [0.05, 0.1) is 26.6 Å². The number of nitrogens with one attached hydrogen (secondary N) is 1. The Balaban J connectivity index is 2.42. The van der Waals surface area contributed by atoms with Crippen LogP contribution < -0.4 is 10.1 Å². The molecule has 1 aliphatic heterocycles. The number of nitrogens with zero attached hydrogens (tertiary/aromatic N) is 1. The Morgan fingerprint density at radius 3 is 2.70 bits per heavy atom. The zero-order valence-corrected chi connectivity index (χ0v) is 12.2. The first-order valence-electron chi connectivity index (χ1n) is 5.93. The van der Waals surface area contributed by atoms with Gasteiger partial charge in [0, 0.05) is 6.07 Å². The van der Waals surface area contributed by atoms with Gasteiger partial charge in [-0.05, 0) is 19.1 Å². The third-order valence-electron chi connectivity index (χ3n) is 3.17. The van der Waals surface area contributed by atoms with E-state index in [2.05, 4.69) is 10.1 Å². The summed E-state index contributed by atoms with van der Waals surface area (Å²) in [6, 6.07) is 3.72. The molecule has 20 heavy (non-hydrogen) atoms. The van der Waals surface area contributed by atoms with Crippen LogP contribution in [0.3, 0.4) is 0 Å². The van der Waals surface area contributed by atoms with Crippen LogP contribution in [0.25, 0.3) is 0 Å². The van der Waals surface area contributed by atoms with Crippen LogP contribution in [0.5, 0.6) is 5.75 Å². The molecular formula is C12H16N2O5S. The topological polar surface area (TPSA) is 84.9 Å². The molecular weight excluding hydrogens is 284 g/mol. The van der Waals surface area contributed by atoms with Crippen molar-refractivity contribution in [1.82, 2.24) is 4.31 Å². The minimum atomic E-state index is -3.75. The fraction of sp³-hybridized carbons (Fsp3) is 0.417. The van der Waals surface area contributed by atoms with Crippen molar-refractivity contribution >= 4 is 21.7 Å². The maximum atomic E-state index is 12.5. The Morgan fingerprint density at radius 1 is 1.40 bits per heavy atom. The number of sulfonamides is 1. The zero-order valence-electron chi connectivity index (χ0n) is 11.4. The van der Waals surface area contributed by atoms with E-state index >= 15 is 0 Å². The highest BCUT2D eigenvalue weighted by Gasteiger charge is 2.38. The molecule has 1 heterocycles. The van der Waals surface area contributed by atoms with Gasteiger partial charge in [0.2, 0.25) is 10.0 Å². The SMILES string of the molecule is COC(=O)[C@@H](C)N1CNc2cc(OC)ccc2S1(=O)=O. The summed E-state index contributed by atoms with van der Waals surface area (Å²) < 4.78 is 35.7. The second kappa shape index (κ2) is 5.29. The van der Waals surface area contributed by atoms with Crippen LogP contribution in [0, 0.1) is 0 Å². The number of fused-ring (bicyclic) bond motifs is 1. The van der Waals surface area contributed by atoms with Gasteiger partial charge < -0.3 is 14.8 Å². The van der Waals surface area contributed by atoms with Crippen LogP contribution in [-0.4, -0.2) is 45.6 Å². The van der Waals surface area contributed by atoms with E-state index in [1.807, 2.05) is 0 Å². The molecule has 0 fully saturated rings. The van der Waals surface area contributed by atoms with E-state index in [-0.39, 0.29) is 11.6 Å². The van der Waals surface area contributed by atoms with Crippen molar-refractivity contribution in [1.29, 1.82) is 0 Å². The van der Waals surface area contributed by atoms with Crippen molar-refractivity contribution in [3.63, 3.8) is 0 Å². The van der Waals surface area contributed by atoms with Crippen molar-refractivity contribution < 1.29 is 22.7 Å². The average Bonchev–Trinajstić information content (AvgIpc) is 2.45. The van der Waals surface area contributed by atoms with Crippen molar-refractivity contribution in [2.75, 3.05) is 26.2 Å². The molecule has 7 nitrogen and oxygen atoms in total. The molecule has 0 unspecified atom stereocenters. The molecule has 0 aliphatic carbocycles. The van der Waals surface area contributed by atoms with Crippen LogP contribution in [0.2, 0.25) is 0 Å². The van der Waals surface area contributed by atoms with Crippen LogP contribution >= 0.6 is 0 Å². The number of carbonyl (C=O) groups excluding carboxylic acids is 1. The summed E-state index contributed by atoms with van der Waals surface area (Å²) >= 11 is 0. The van der Waals surface area contributed by atoms with Crippen molar-refractivity contribution in [2.24, 2.45) is 0 Å². The molecule has 1 aromatic rings. The summed E-state index contributed by atoms with van der Waals surface area (Å²) in [5, 5.41) is 2.96. The first kappa shape index (κ1) is 14.6. The smallest absolute Gasteiger partial charge is 0.323 e. The van der Waals surface area contributed by atoms with Gasteiger partial charge in [-0.25, -0.2) is 8.42 Å². The number of esters is 1. The third kappa shape index (κ3) is 2.32. The predicted octanol–water partition coefficient (Wildman–Crippen LogP) is 0.630. The number of rotatable bonds is 3. The van der Waals surface area contributed by atoms with Gasteiger partial charge in [-0.3, -0.25) is 4.79 Å². The molecule has 8 heteroatoms. The van der Waals surface area contributed by atoms with Crippen molar-refractivity contribution in [2.45, 2.75) is 17.9 Å². The molecule has 0 aromatic heterocycles. The Kier molecular flexibility index (Phi) is 3.87. The van der Waals surface area contributed by atoms with E-state index in [1.165, 1.54) is 27.2 Å². The normalized spacial score (nSPS) is 18.6. The predicted molar refractivity (Wildman–Crippen MR) is 72.0 cm³/mol. The van der Waals surface area contributed by atoms with Gasteiger partial charge in [0.25, 0.3) is 0 Å². The van der Waals surface area contributed by atoms with Gasteiger partial charge in [0.15, 0.2) is 0 Å². The highest BCUT2D eigenvalue weighted by Crippen LogP contribution is 2.33. The molecule has 0 radical (unpaired) electrons. The molecule has 1 aliphatic rings. The molecule has 2 rings (SSSR count). The fourth-order valence-electron chi connectivity index (χ4n) is 2.01. The zero-order chi connectivity index (χ0) is 14.9. The van der Waals surface area contributed by atoms with E-state index in [0.29, 0.717) is 11.4 Å². The molecule has 0 amide bonds. The largest absolute Gasteiger partial charge is 0.497 e. The van der Waals surface area contributed by atoms with Crippen LogP contribution in [0.15, 0.2) is 23.1 Å². The molecule has 0 spiro atoms. The van der Waals surface area contributed by atoms with Gasteiger partial charge >= 0.3 is 5.97 Å². The lowest BCUT2D eigenvalue weighted by atomic mass is 10.3. The summed E-state index contributed by atoms with van der Waals surface area (Å²) in [6.45, 7) is 1.48. The maximum absolute atomic E-state index is 12.5. The van der Waals surface area contributed by atoms with E-state index in [1.54, 1.807) is 12.1 Å². The van der Waals surface area contributed by atoms with Gasteiger partial charge in [-0.15, -0.1) is 0 Å². The highest BCUT2D eigenvalue weighted by molar-refractivity contribution is 7.89. The molecule has 0 saturated heterocycles. The Labute approximate surface area is 117 Å². The summed E-state index contributed by atoms with van der Waals surface area (Å²) in [7, 11) is -1.02. The molecule has 1 atom stereocenters. The van der Waals surface area contributed by atoms with Crippen LogP contribution in [-0.2, 0) is 19.6 Å². The molecule has 1 N–H and O–H groups in total. The lowest BCUT2D eigenvalue weighted by Gasteiger charge is -2.32. The Morgan fingerprint density at radius 2 is 2.10 bits per heavy atom. The Bertz CT molecular complexity index is 629. The lowest BCUT2D eigenvalue weighted by molar-refractivity contribution is -0.144. The van der Waals surface area contributed by atoms with Crippen LogP contribution in [0.1, 0.15) is 6.92 Å². The summed E-state index contributed by atoms with van der Waals surface area (Å²) in [5.74, 6) is -0.0479. The molecule has 0 bridgehead atoms. The molecule has 1 aromatic carbocycles. The monoisotopic (exact) mass is 300 g/mol. The number of carbonyl (C=O) groups is 1. The minimum Gasteiger partial charge on any atom is -0.497 e. The first-order valence-corrected chi connectivity index (χ1v) is 7.37. The number of anilines is 1. The molecule has 0 saturated carbocycles. The van der Waals surface area contributed by atoms with E-state index < -0.39 is 22.0 Å². The van der Waals surface area contributed by atoms with Crippen LogP contribution in [0.4, 0.5) is 5.69 Å². The van der Waals surface area contributed by atoms with Crippen molar-refractivity contribution in [3.05, 3.63) is 18.2 Å². The van der Waals surface area contributed by atoms with Gasteiger partial charge in [-0.1, -0.05) is 0 Å². The Hall–Kier alpha value is -1.80. The second-order valence-corrected chi connectivity index (χ2v) is 6.15. The highest BCUT2D eigenvalue weighted by atomic mass is 32.2. The lowest BCUT2D eigenvalue weighted by Crippen LogP contribution is -2.48. The average molecular weight is 300 g/mol. The van der Waals surface area contributed by atoms with Crippen molar-refractivity contribution in [3.8, 4) is 5.75 Å². The third-order valence-corrected chi connectivity index (χ3v) is 5.15. The van der Waals surface area contributed by atoms with Gasteiger partial charge in [0.1, 0.15) is 16.7 Å². The second-order valence-electron chi connectivity index (χ2n) is 4.29. The number of hydrogen-bond donors (Lipinski definition) is 1. The van der Waals surface area contributed by atoms with Gasteiger partial charge in [-0.2, -0.15) is 4.31 Å². The summed E-state index contributed by atoms with van der Waals surface area (Å²) in [4.78, 5) is 11.6. The summed E-state index contributed by atoms with van der Waals surface area (Å²) in [5.41, 5.74) is 0.456. The van der Waals surface area contributed by atoms with E-state index in [0.717, 1.165) is 4.31 Å². The minimum absolute atomic E-state index is 0.00122. The number of hydrogen-bond acceptors (Lipinski definition) is 6.